The molecule has 2 amide bonds. The van der Waals surface area contributed by atoms with Crippen LogP contribution in [-0.2, 0) is 10.0 Å². The van der Waals surface area contributed by atoms with Gasteiger partial charge in [-0.25, -0.2) is 18.9 Å². The molecule has 3 rings (SSSR count). The van der Waals surface area contributed by atoms with Crippen molar-refractivity contribution < 1.29 is 17.6 Å². The van der Waals surface area contributed by atoms with E-state index in [0.29, 0.717) is 28.1 Å². The Labute approximate surface area is 198 Å². The van der Waals surface area contributed by atoms with Crippen LogP contribution in [0.5, 0.6) is 0 Å². The Balaban J connectivity index is 2.00. The van der Waals surface area contributed by atoms with E-state index in [1.165, 1.54) is 35.3 Å². The van der Waals surface area contributed by atoms with Crippen molar-refractivity contribution in [1.82, 2.24) is 19.5 Å². The van der Waals surface area contributed by atoms with Crippen molar-refractivity contribution in [2.24, 2.45) is 0 Å². The topological polar surface area (TPSA) is 106 Å². The molecule has 0 bridgehead atoms. The van der Waals surface area contributed by atoms with Crippen molar-refractivity contribution in [3.63, 3.8) is 0 Å². The highest BCUT2D eigenvalue weighted by atomic mass is 32.2. The maximum atomic E-state index is 14.5. The molecule has 0 atom stereocenters. The van der Waals surface area contributed by atoms with Crippen LogP contribution >= 0.6 is 0 Å². The molecule has 2 N–H and O–H groups in total. The monoisotopic (exact) mass is 483 g/mol. The Morgan fingerprint density at radius 2 is 1.88 bits per heavy atom. The van der Waals surface area contributed by atoms with Crippen LogP contribution in [0.3, 0.4) is 0 Å². The van der Waals surface area contributed by atoms with Crippen LogP contribution < -0.4 is 10.0 Å². The summed E-state index contributed by atoms with van der Waals surface area (Å²) in [6.07, 6.45) is 3.06. The maximum Gasteiger partial charge on any atom is 0.333 e. The summed E-state index contributed by atoms with van der Waals surface area (Å²) in [5, 5.41) is 6.33. The number of hydrogen-bond donors (Lipinski definition) is 2. The first-order valence-corrected chi connectivity index (χ1v) is 12.1. The lowest BCUT2D eigenvalue weighted by molar-refractivity contribution is 0.256. The molecule has 0 spiro atoms. The Kier molecular flexibility index (Phi) is 7.37. The van der Waals surface area contributed by atoms with Crippen LogP contribution in [0.1, 0.15) is 57.8 Å². The maximum absolute atomic E-state index is 14.5. The largest absolute Gasteiger partial charge is 0.333 e. The molecule has 2 aromatic heterocycles. The highest BCUT2D eigenvalue weighted by Crippen LogP contribution is 2.36. The summed E-state index contributed by atoms with van der Waals surface area (Å²) >= 11 is 0. The number of amides is 2. The number of carbonyl (C=O) groups is 1. The highest BCUT2D eigenvalue weighted by molar-refractivity contribution is 7.90. The Hall–Kier alpha value is -3.71. The van der Waals surface area contributed by atoms with Crippen molar-refractivity contribution in [3.8, 4) is 23.0 Å². The third kappa shape index (κ3) is 5.61. The zero-order valence-electron chi connectivity index (χ0n) is 19.5. The van der Waals surface area contributed by atoms with Gasteiger partial charge in [0.05, 0.1) is 5.69 Å². The van der Waals surface area contributed by atoms with Crippen molar-refractivity contribution in [2.75, 3.05) is 5.32 Å². The SMILES string of the molecule is CC#Cc1cc(-c2cc(F)cc(C(C)C)c2NC(=O)NS(=O)(=O)c2ccn(C(C)C)n2)ccn1. The summed E-state index contributed by atoms with van der Waals surface area (Å²) in [6.45, 7) is 9.07. The fraction of sp³-hybridized carbons (Fsp3) is 0.292. The lowest BCUT2D eigenvalue weighted by atomic mass is 9.94. The minimum absolute atomic E-state index is 0.0456. The van der Waals surface area contributed by atoms with Crippen molar-refractivity contribution in [2.45, 2.75) is 51.6 Å². The minimum atomic E-state index is -4.22. The number of pyridine rings is 1. The van der Waals surface area contributed by atoms with Gasteiger partial charge in [-0.1, -0.05) is 19.8 Å². The van der Waals surface area contributed by atoms with E-state index in [1.807, 2.05) is 32.4 Å². The number of halogens is 1. The van der Waals surface area contributed by atoms with Gasteiger partial charge >= 0.3 is 6.03 Å². The number of nitrogens with one attached hydrogen (secondary N) is 2. The predicted octanol–water partition coefficient (Wildman–Crippen LogP) is 4.67. The van der Waals surface area contributed by atoms with Crippen LogP contribution in [0.25, 0.3) is 11.1 Å². The van der Waals surface area contributed by atoms with E-state index in [1.54, 1.807) is 19.1 Å². The normalized spacial score (nSPS) is 11.3. The van der Waals surface area contributed by atoms with Crippen LogP contribution in [0, 0.1) is 17.7 Å². The molecule has 0 fully saturated rings. The molecule has 1 aromatic carbocycles. The standard InChI is InChI=1S/C24H26FN5O3S/c1-6-7-19-12-17(8-10-26-19)21-14-18(25)13-20(15(2)3)23(21)27-24(31)29-34(32,33)22-9-11-30(28-22)16(4)5/h8-16H,1-5H3,(H2,27,29,31). The number of sulfonamides is 1. The van der Waals surface area contributed by atoms with Crippen molar-refractivity contribution >= 4 is 21.7 Å². The fourth-order valence-electron chi connectivity index (χ4n) is 3.31. The quantitative estimate of drug-likeness (QED) is 0.496. The van der Waals surface area contributed by atoms with Crippen LogP contribution in [-0.4, -0.2) is 29.2 Å². The highest BCUT2D eigenvalue weighted by Gasteiger charge is 2.24. The van der Waals surface area contributed by atoms with E-state index in [4.69, 9.17) is 0 Å². The Morgan fingerprint density at radius 3 is 2.50 bits per heavy atom. The molecule has 0 saturated carbocycles. The molecule has 0 aliphatic rings. The van der Waals surface area contributed by atoms with Crippen molar-refractivity contribution in [1.29, 1.82) is 0 Å². The number of rotatable bonds is 6. The molecule has 34 heavy (non-hydrogen) atoms. The number of benzene rings is 1. The van der Waals surface area contributed by atoms with E-state index >= 15 is 0 Å². The van der Waals surface area contributed by atoms with Gasteiger partial charge in [0.15, 0.2) is 5.03 Å². The fourth-order valence-corrected chi connectivity index (χ4v) is 4.15. The second kappa shape index (κ2) is 10.1. The molecule has 178 valence electrons. The smallest absolute Gasteiger partial charge is 0.306 e. The van der Waals surface area contributed by atoms with Gasteiger partial charge in [-0.2, -0.15) is 13.5 Å². The van der Waals surface area contributed by atoms with Gasteiger partial charge in [-0.05, 0) is 74.1 Å². The summed E-state index contributed by atoms with van der Waals surface area (Å²) in [5.74, 6) is 4.95. The predicted molar refractivity (Wildman–Crippen MR) is 128 cm³/mol. The molecule has 0 aliphatic carbocycles. The summed E-state index contributed by atoms with van der Waals surface area (Å²) in [5.41, 5.74) is 2.23. The summed E-state index contributed by atoms with van der Waals surface area (Å²) in [4.78, 5) is 17.0. The number of aromatic nitrogens is 3. The van der Waals surface area contributed by atoms with Gasteiger partial charge in [-0.15, -0.1) is 0 Å². The third-order valence-corrected chi connectivity index (χ3v) is 6.16. The summed E-state index contributed by atoms with van der Waals surface area (Å²) < 4.78 is 43.3. The molecule has 8 nitrogen and oxygen atoms in total. The van der Waals surface area contributed by atoms with E-state index in [9.17, 15) is 17.6 Å². The van der Waals surface area contributed by atoms with Crippen molar-refractivity contribution in [3.05, 3.63) is 59.8 Å². The molecular formula is C24H26FN5O3S. The average Bonchev–Trinajstić information content (AvgIpc) is 3.26. The molecule has 10 heteroatoms. The van der Waals surface area contributed by atoms with Gasteiger partial charge in [0.2, 0.25) is 0 Å². The average molecular weight is 484 g/mol. The molecular weight excluding hydrogens is 457 g/mol. The number of urea groups is 1. The molecule has 0 radical (unpaired) electrons. The molecule has 3 aromatic rings. The zero-order valence-corrected chi connectivity index (χ0v) is 20.4. The van der Waals surface area contributed by atoms with E-state index in [2.05, 4.69) is 27.2 Å². The lowest BCUT2D eigenvalue weighted by Gasteiger charge is -2.19. The van der Waals surface area contributed by atoms with Crippen LogP contribution in [0.4, 0.5) is 14.9 Å². The van der Waals surface area contributed by atoms with Gasteiger partial charge in [-0.3, -0.25) is 4.68 Å². The number of anilines is 1. The Bertz CT molecular complexity index is 1390. The second-order valence-corrected chi connectivity index (χ2v) is 9.79. The number of carbonyl (C=O) groups excluding carboxylic acids is 1. The Morgan fingerprint density at radius 1 is 1.15 bits per heavy atom. The first kappa shape index (κ1) is 24.9. The zero-order chi connectivity index (χ0) is 25.0. The van der Waals surface area contributed by atoms with E-state index < -0.39 is 21.9 Å². The van der Waals surface area contributed by atoms with E-state index in [-0.39, 0.29) is 17.0 Å². The van der Waals surface area contributed by atoms with E-state index in [0.717, 1.165) is 0 Å². The summed E-state index contributed by atoms with van der Waals surface area (Å²) in [6, 6.07) is 6.21. The number of nitrogens with zero attached hydrogens (tertiary/aromatic N) is 3. The molecule has 0 saturated heterocycles. The first-order chi connectivity index (χ1) is 16.0. The van der Waals surface area contributed by atoms with Gasteiger partial charge < -0.3 is 5.32 Å². The lowest BCUT2D eigenvalue weighted by Crippen LogP contribution is -2.35. The van der Waals surface area contributed by atoms with Crippen LogP contribution in [0.15, 0.2) is 47.8 Å². The van der Waals surface area contributed by atoms with Crippen LogP contribution in [0.2, 0.25) is 0 Å². The third-order valence-electron chi connectivity index (χ3n) is 4.93. The number of hydrogen-bond acceptors (Lipinski definition) is 5. The second-order valence-electron chi connectivity index (χ2n) is 8.16. The van der Waals surface area contributed by atoms with Gasteiger partial charge in [0, 0.05) is 24.0 Å². The first-order valence-electron chi connectivity index (χ1n) is 10.6. The summed E-state index contributed by atoms with van der Waals surface area (Å²) in [7, 11) is -4.22. The minimum Gasteiger partial charge on any atom is -0.306 e. The molecule has 0 unspecified atom stereocenters. The van der Waals surface area contributed by atoms with Gasteiger partial charge in [0.25, 0.3) is 10.0 Å². The molecule has 2 heterocycles. The molecule has 0 aliphatic heterocycles. The van der Waals surface area contributed by atoms with Gasteiger partial charge in [0.1, 0.15) is 11.5 Å².